The van der Waals surface area contributed by atoms with Gasteiger partial charge in [0.25, 0.3) is 5.91 Å². The summed E-state index contributed by atoms with van der Waals surface area (Å²) in [5, 5.41) is 6.81. The molecule has 0 saturated heterocycles. The van der Waals surface area contributed by atoms with Gasteiger partial charge in [-0.05, 0) is 36.5 Å². The fraction of sp³-hybridized carbons (Fsp3) is 0.412. The number of hydrogen-bond acceptors (Lipinski definition) is 3. The SMILES string of the molecule is CC(C)C(NC(=O)c1cc(C2CC2)on1)c1ccc(F)cc1. The summed E-state index contributed by atoms with van der Waals surface area (Å²) in [6, 6.07) is 7.71. The van der Waals surface area contributed by atoms with Crippen molar-refractivity contribution in [3.8, 4) is 0 Å². The highest BCUT2D eigenvalue weighted by atomic mass is 19.1. The van der Waals surface area contributed by atoms with Gasteiger partial charge < -0.3 is 9.84 Å². The van der Waals surface area contributed by atoms with Gasteiger partial charge in [0.15, 0.2) is 5.69 Å². The van der Waals surface area contributed by atoms with Crippen LogP contribution in [-0.2, 0) is 0 Å². The Morgan fingerprint density at radius 3 is 2.59 bits per heavy atom. The third kappa shape index (κ3) is 3.18. The van der Waals surface area contributed by atoms with Gasteiger partial charge in [0.05, 0.1) is 6.04 Å². The lowest BCUT2D eigenvalue weighted by molar-refractivity contribution is 0.0916. The van der Waals surface area contributed by atoms with Gasteiger partial charge in [-0.2, -0.15) is 0 Å². The first-order chi connectivity index (χ1) is 10.5. The molecule has 1 N–H and O–H groups in total. The monoisotopic (exact) mass is 302 g/mol. The number of carbonyl (C=O) groups is 1. The minimum Gasteiger partial charge on any atom is -0.360 e. The summed E-state index contributed by atoms with van der Waals surface area (Å²) in [7, 11) is 0. The van der Waals surface area contributed by atoms with Crippen molar-refractivity contribution in [2.75, 3.05) is 0 Å². The average molecular weight is 302 g/mol. The van der Waals surface area contributed by atoms with Gasteiger partial charge in [-0.3, -0.25) is 4.79 Å². The number of amides is 1. The Morgan fingerprint density at radius 1 is 1.32 bits per heavy atom. The summed E-state index contributed by atoms with van der Waals surface area (Å²) in [4.78, 5) is 12.3. The zero-order valence-corrected chi connectivity index (χ0v) is 12.7. The molecule has 0 aliphatic heterocycles. The molecule has 1 heterocycles. The number of benzene rings is 1. The van der Waals surface area contributed by atoms with E-state index in [-0.39, 0.29) is 23.7 Å². The van der Waals surface area contributed by atoms with Crippen LogP contribution in [0.15, 0.2) is 34.9 Å². The van der Waals surface area contributed by atoms with Crippen LogP contribution in [0, 0.1) is 11.7 Å². The molecule has 2 aromatic rings. The van der Waals surface area contributed by atoms with Crippen molar-refractivity contribution in [3.05, 3.63) is 53.2 Å². The second-order valence-corrected chi connectivity index (χ2v) is 6.14. The molecule has 22 heavy (non-hydrogen) atoms. The Labute approximate surface area is 128 Å². The van der Waals surface area contributed by atoms with E-state index in [1.54, 1.807) is 18.2 Å². The predicted octanol–water partition coefficient (Wildman–Crippen LogP) is 3.82. The summed E-state index contributed by atoms with van der Waals surface area (Å²) in [6.45, 7) is 4.01. The standard InChI is InChI=1S/C17H19FN2O2/c1-10(2)16(12-5-7-13(18)8-6-12)19-17(21)14-9-15(22-20-14)11-3-4-11/h5-11,16H,3-4H2,1-2H3,(H,19,21). The molecule has 1 aromatic heterocycles. The van der Waals surface area contributed by atoms with Crippen molar-refractivity contribution in [2.24, 2.45) is 5.92 Å². The molecule has 1 aliphatic rings. The third-order valence-electron chi connectivity index (χ3n) is 3.92. The van der Waals surface area contributed by atoms with Crippen LogP contribution in [0.2, 0.25) is 0 Å². The number of halogens is 1. The minimum atomic E-state index is -0.289. The summed E-state index contributed by atoms with van der Waals surface area (Å²) in [6.07, 6.45) is 2.20. The molecule has 1 atom stereocenters. The van der Waals surface area contributed by atoms with Gasteiger partial charge in [0.2, 0.25) is 0 Å². The van der Waals surface area contributed by atoms with Crippen LogP contribution >= 0.6 is 0 Å². The first-order valence-corrected chi connectivity index (χ1v) is 7.57. The van der Waals surface area contributed by atoms with E-state index in [9.17, 15) is 9.18 Å². The van der Waals surface area contributed by atoms with Gasteiger partial charge >= 0.3 is 0 Å². The third-order valence-corrected chi connectivity index (χ3v) is 3.92. The fourth-order valence-corrected chi connectivity index (χ4v) is 2.48. The lowest BCUT2D eigenvalue weighted by atomic mass is 9.96. The van der Waals surface area contributed by atoms with Crippen LogP contribution < -0.4 is 5.32 Å². The molecule has 0 bridgehead atoms. The van der Waals surface area contributed by atoms with E-state index in [0.29, 0.717) is 11.6 Å². The zero-order chi connectivity index (χ0) is 15.7. The molecule has 5 heteroatoms. The molecule has 1 aromatic carbocycles. The predicted molar refractivity (Wildman–Crippen MR) is 79.9 cm³/mol. The van der Waals surface area contributed by atoms with Crippen molar-refractivity contribution in [1.29, 1.82) is 0 Å². The van der Waals surface area contributed by atoms with Crippen LogP contribution in [0.1, 0.15) is 60.5 Å². The molecule has 1 saturated carbocycles. The van der Waals surface area contributed by atoms with Gasteiger partial charge in [0, 0.05) is 12.0 Å². The average Bonchev–Trinajstić information content (AvgIpc) is 3.22. The number of nitrogens with one attached hydrogen (secondary N) is 1. The molecule has 116 valence electrons. The van der Waals surface area contributed by atoms with E-state index in [2.05, 4.69) is 10.5 Å². The van der Waals surface area contributed by atoms with E-state index >= 15 is 0 Å². The molecule has 1 fully saturated rings. The summed E-state index contributed by atoms with van der Waals surface area (Å²) in [5.41, 5.74) is 1.17. The Balaban J connectivity index is 1.74. The summed E-state index contributed by atoms with van der Waals surface area (Å²) < 4.78 is 18.3. The van der Waals surface area contributed by atoms with Crippen LogP contribution in [0.25, 0.3) is 0 Å². The van der Waals surface area contributed by atoms with Crippen molar-refractivity contribution >= 4 is 5.91 Å². The second kappa shape index (κ2) is 5.91. The van der Waals surface area contributed by atoms with Crippen LogP contribution in [0.5, 0.6) is 0 Å². The maximum absolute atomic E-state index is 13.1. The van der Waals surface area contributed by atoms with Crippen LogP contribution in [-0.4, -0.2) is 11.1 Å². The van der Waals surface area contributed by atoms with E-state index in [0.717, 1.165) is 24.2 Å². The van der Waals surface area contributed by atoms with E-state index in [1.807, 2.05) is 13.8 Å². The van der Waals surface area contributed by atoms with Crippen molar-refractivity contribution in [2.45, 2.75) is 38.6 Å². The molecule has 1 unspecified atom stereocenters. The first kappa shape index (κ1) is 14.8. The highest BCUT2D eigenvalue weighted by molar-refractivity contribution is 5.92. The number of rotatable bonds is 5. The van der Waals surface area contributed by atoms with Gasteiger partial charge in [-0.15, -0.1) is 0 Å². The molecular formula is C17H19FN2O2. The first-order valence-electron chi connectivity index (χ1n) is 7.57. The molecular weight excluding hydrogens is 283 g/mol. The smallest absolute Gasteiger partial charge is 0.273 e. The van der Waals surface area contributed by atoms with Gasteiger partial charge in [0.1, 0.15) is 11.6 Å². The Bertz CT molecular complexity index is 660. The molecule has 1 aliphatic carbocycles. The number of nitrogens with zero attached hydrogens (tertiary/aromatic N) is 1. The quantitative estimate of drug-likeness (QED) is 0.913. The Hall–Kier alpha value is -2.17. The van der Waals surface area contributed by atoms with Gasteiger partial charge in [-0.1, -0.05) is 31.1 Å². The summed E-state index contributed by atoms with van der Waals surface area (Å²) >= 11 is 0. The largest absolute Gasteiger partial charge is 0.360 e. The number of hydrogen-bond donors (Lipinski definition) is 1. The molecule has 0 spiro atoms. The van der Waals surface area contributed by atoms with E-state index in [1.165, 1.54) is 12.1 Å². The Kier molecular flexibility index (Phi) is 3.96. The maximum Gasteiger partial charge on any atom is 0.273 e. The highest BCUT2D eigenvalue weighted by Gasteiger charge is 2.29. The lowest BCUT2D eigenvalue weighted by Crippen LogP contribution is -2.32. The molecule has 1 amide bonds. The molecule has 0 radical (unpaired) electrons. The number of carbonyl (C=O) groups excluding carboxylic acids is 1. The van der Waals surface area contributed by atoms with E-state index in [4.69, 9.17) is 4.52 Å². The van der Waals surface area contributed by atoms with Crippen LogP contribution in [0.4, 0.5) is 4.39 Å². The maximum atomic E-state index is 13.1. The summed E-state index contributed by atoms with van der Waals surface area (Å²) in [5.74, 6) is 0.825. The molecule has 3 rings (SSSR count). The van der Waals surface area contributed by atoms with E-state index < -0.39 is 0 Å². The van der Waals surface area contributed by atoms with Crippen LogP contribution in [0.3, 0.4) is 0 Å². The van der Waals surface area contributed by atoms with Crippen molar-refractivity contribution in [1.82, 2.24) is 10.5 Å². The Morgan fingerprint density at radius 2 is 2.00 bits per heavy atom. The van der Waals surface area contributed by atoms with Crippen molar-refractivity contribution < 1.29 is 13.7 Å². The second-order valence-electron chi connectivity index (χ2n) is 6.14. The topological polar surface area (TPSA) is 55.1 Å². The zero-order valence-electron chi connectivity index (χ0n) is 12.7. The fourth-order valence-electron chi connectivity index (χ4n) is 2.48. The van der Waals surface area contributed by atoms with Gasteiger partial charge in [-0.25, -0.2) is 4.39 Å². The van der Waals surface area contributed by atoms with Crippen molar-refractivity contribution in [3.63, 3.8) is 0 Å². The highest BCUT2D eigenvalue weighted by Crippen LogP contribution is 2.40. The minimum absolute atomic E-state index is 0.171. The number of aromatic nitrogens is 1. The lowest BCUT2D eigenvalue weighted by Gasteiger charge is -2.22. The molecule has 4 nitrogen and oxygen atoms in total. The normalized spacial score (nSPS) is 15.8.